The molecule has 1 N–H and O–H groups in total. The first kappa shape index (κ1) is 18.8. The average molecular weight is 387 g/mol. The van der Waals surface area contributed by atoms with Gasteiger partial charge in [0, 0.05) is 0 Å². The predicted molar refractivity (Wildman–Crippen MR) is 104 cm³/mol. The molecule has 0 unspecified atom stereocenters. The summed E-state index contributed by atoms with van der Waals surface area (Å²) in [4.78, 5) is 26.7. The summed E-state index contributed by atoms with van der Waals surface area (Å²) in [7, 11) is 1.53. The van der Waals surface area contributed by atoms with Gasteiger partial charge in [-0.15, -0.1) is 0 Å². The van der Waals surface area contributed by atoms with Crippen molar-refractivity contribution in [2.24, 2.45) is 0 Å². The van der Waals surface area contributed by atoms with Crippen molar-refractivity contribution >= 4 is 34.8 Å². The van der Waals surface area contributed by atoms with Crippen LogP contribution in [0.1, 0.15) is 12.5 Å². The summed E-state index contributed by atoms with van der Waals surface area (Å²) in [5, 5.41) is 2.77. The summed E-state index contributed by atoms with van der Waals surface area (Å²) in [5.74, 6) is -0.199. The molecule has 0 spiro atoms. The SMILES string of the molecule is CCOc1ccccc1N1C(=O)C(Cl)=C(Nc2cc(C)ccc2OC)C1=O. The zero-order chi connectivity index (χ0) is 19.6. The quantitative estimate of drug-likeness (QED) is 0.764. The Morgan fingerprint density at radius 3 is 2.52 bits per heavy atom. The van der Waals surface area contributed by atoms with Gasteiger partial charge in [0.25, 0.3) is 11.8 Å². The number of carbonyl (C=O) groups excluding carboxylic acids is 2. The van der Waals surface area contributed by atoms with Crippen LogP contribution in [0.4, 0.5) is 11.4 Å². The zero-order valence-electron chi connectivity index (χ0n) is 15.2. The van der Waals surface area contributed by atoms with Gasteiger partial charge in [-0.05, 0) is 43.7 Å². The number of methoxy groups -OCH3 is 1. The van der Waals surface area contributed by atoms with Crippen LogP contribution in [0.5, 0.6) is 11.5 Å². The van der Waals surface area contributed by atoms with Crippen LogP contribution in [0.2, 0.25) is 0 Å². The molecule has 27 heavy (non-hydrogen) atoms. The lowest BCUT2D eigenvalue weighted by Gasteiger charge is -2.19. The lowest BCUT2D eigenvalue weighted by molar-refractivity contribution is -0.120. The number of halogens is 1. The fourth-order valence-electron chi connectivity index (χ4n) is 2.80. The second-order valence-electron chi connectivity index (χ2n) is 5.86. The van der Waals surface area contributed by atoms with Crippen LogP contribution >= 0.6 is 11.6 Å². The number of nitrogens with zero attached hydrogens (tertiary/aromatic N) is 1. The van der Waals surface area contributed by atoms with Gasteiger partial charge in [0.2, 0.25) is 0 Å². The molecule has 0 radical (unpaired) electrons. The molecular weight excluding hydrogens is 368 g/mol. The lowest BCUT2D eigenvalue weighted by atomic mass is 10.2. The molecule has 0 fully saturated rings. The van der Waals surface area contributed by atoms with Gasteiger partial charge in [0.15, 0.2) is 0 Å². The Morgan fingerprint density at radius 1 is 1.07 bits per heavy atom. The van der Waals surface area contributed by atoms with Gasteiger partial charge in [-0.2, -0.15) is 0 Å². The summed E-state index contributed by atoms with van der Waals surface area (Å²) >= 11 is 6.21. The Morgan fingerprint density at radius 2 is 1.81 bits per heavy atom. The van der Waals surface area contributed by atoms with E-state index in [-0.39, 0.29) is 10.7 Å². The highest BCUT2D eigenvalue weighted by molar-refractivity contribution is 6.53. The van der Waals surface area contributed by atoms with Crippen molar-refractivity contribution in [2.75, 3.05) is 23.9 Å². The van der Waals surface area contributed by atoms with Gasteiger partial charge in [0.1, 0.15) is 22.2 Å². The lowest BCUT2D eigenvalue weighted by Crippen LogP contribution is -2.32. The Labute approximate surface area is 162 Å². The number of hydrogen-bond donors (Lipinski definition) is 1. The number of rotatable bonds is 6. The van der Waals surface area contributed by atoms with Gasteiger partial charge < -0.3 is 14.8 Å². The number of aryl methyl sites for hydroxylation is 1. The number of benzene rings is 2. The van der Waals surface area contributed by atoms with E-state index in [2.05, 4.69) is 5.32 Å². The molecule has 0 aliphatic carbocycles. The molecule has 140 valence electrons. The molecule has 2 amide bonds. The number of nitrogens with one attached hydrogen (secondary N) is 1. The molecule has 3 rings (SSSR count). The monoisotopic (exact) mass is 386 g/mol. The van der Waals surface area contributed by atoms with E-state index in [1.54, 1.807) is 30.3 Å². The molecular formula is C20H19ClN2O4. The molecule has 0 saturated carbocycles. The molecule has 0 aromatic heterocycles. The van der Waals surface area contributed by atoms with Crippen molar-refractivity contribution in [3.63, 3.8) is 0 Å². The third-order valence-corrected chi connectivity index (χ3v) is 4.40. The van der Waals surface area contributed by atoms with Crippen LogP contribution in [0.25, 0.3) is 0 Å². The van der Waals surface area contributed by atoms with Crippen molar-refractivity contribution in [3.05, 3.63) is 58.8 Å². The first-order valence-electron chi connectivity index (χ1n) is 8.40. The molecule has 0 bridgehead atoms. The normalized spacial score (nSPS) is 14.0. The molecule has 7 heteroatoms. The predicted octanol–water partition coefficient (Wildman–Crippen LogP) is 3.84. The number of para-hydroxylation sites is 2. The summed E-state index contributed by atoms with van der Waals surface area (Å²) in [6, 6.07) is 12.3. The Kier molecular flexibility index (Phi) is 5.37. The van der Waals surface area contributed by atoms with Gasteiger partial charge in [0.05, 0.1) is 25.1 Å². The van der Waals surface area contributed by atoms with Crippen molar-refractivity contribution in [1.29, 1.82) is 0 Å². The summed E-state index contributed by atoms with van der Waals surface area (Å²) < 4.78 is 10.9. The Balaban J connectivity index is 1.97. The van der Waals surface area contributed by atoms with E-state index in [1.165, 1.54) is 7.11 Å². The van der Waals surface area contributed by atoms with Crippen molar-refractivity contribution < 1.29 is 19.1 Å². The molecule has 1 aliphatic rings. The highest BCUT2D eigenvalue weighted by atomic mass is 35.5. The number of ether oxygens (including phenoxy) is 2. The maximum absolute atomic E-state index is 13.0. The maximum atomic E-state index is 13.0. The molecule has 2 aromatic carbocycles. The number of anilines is 2. The molecule has 1 heterocycles. The van der Waals surface area contributed by atoms with Crippen LogP contribution in [0.15, 0.2) is 53.2 Å². The van der Waals surface area contributed by atoms with Crippen LogP contribution in [0, 0.1) is 6.92 Å². The largest absolute Gasteiger partial charge is 0.495 e. The molecule has 1 aliphatic heterocycles. The average Bonchev–Trinajstić information content (AvgIpc) is 2.86. The van der Waals surface area contributed by atoms with Crippen LogP contribution in [0.3, 0.4) is 0 Å². The first-order valence-corrected chi connectivity index (χ1v) is 8.77. The van der Waals surface area contributed by atoms with E-state index in [0.29, 0.717) is 29.5 Å². The van der Waals surface area contributed by atoms with Gasteiger partial charge in [-0.3, -0.25) is 9.59 Å². The second-order valence-corrected chi connectivity index (χ2v) is 6.24. The maximum Gasteiger partial charge on any atom is 0.283 e. The molecule has 0 saturated heterocycles. The van der Waals surface area contributed by atoms with E-state index in [9.17, 15) is 9.59 Å². The van der Waals surface area contributed by atoms with Crippen LogP contribution in [-0.2, 0) is 9.59 Å². The summed E-state index contributed by atoms with van der Waals surface area (Å²) in [6.07, 6.45) is 0. The number of carbonyl (C=O) groups is 2. The van der Waals surface area contributed by atoms with Crippen LogP contribution < -0.4 is 19.7 Å². The Hall–Kier alpha value is -2.99. The Bertz CT molecular complexity index is 939. The fourth-order valence-corrected chi connectivity index (χ4v) is 3.02. The molecule has 2 aromatic rings. The van der Waals surface area contributed by atoms with Gasteiger partial charge in [-0.25, -0.2) is 4.90 Å². The van der Waals surface area contributed by atoms with Crippen LogP contribution in [-0.4, -0.2) is 25.5 Å². The number of hydrogen-bond acceptors (Lipinski definition) is 5. The van der Waals surface area contributed by atoms with Gasteiger partial charge in [-0.1, -0.05) is 29.8 Å². The van der Waals surface area contributed by atoms with E-state index in [0.717, 1.165) is 10.5 Å². The molecule has 0 atom stereocenters. The second kappa shape index (κ2) is 7.72. The van der Waals surface area contributed by atoms with E-state index >= 15 is 0 Å². The van der Waals surface area contributed by atoms with E-state index in [4.69, 9.17) is 21.1 Å². The molecule has 6 nitrogen and oxygen atoms in total. The first-order chi connectivity index (χ1) is 13.0. The fraction of sp³-hybridized carbons (Fsp3) is 0.200. The zero-order valence-corrected chi connectivity index (χ0v) is 16.0. The van der Waals surface area contributed by atoms with E-state index in [1.807, 2.05) is 26.0 Å². The van der Waals surface area contributed by atoms with Crippen molar-refractivity contribution in [2.45, 2.75) is 13.8 Å². The smallest absolute Gasteiger partial charge is 0.283 e. The minimum atomic E-state index is -0.608. The van der Waals surface area contributed by atoms with Crippen molar-refractivity contribution in [1.82, 2.24) is 0 Å². The summed E-state index contributed by atoms with van der Waals surface area (Å²) in [6.45, 7) is 4.14. The highest BCUT2D eigenvalue weighted by Crippen LogP contribution is 2.36. The standard InChI is InChI=1S/C20H19ClN2O4/c1-4-27-16-8-6-5-7-14(16)23-19(24)17(21)18(20(23)25)22-13-11-12(2)9-10-15(13)26-3/h5-11,22H,4H2,1-3H3. The van der Waals surface area contributed by atoms with Crippen molar-refractivity contribution in [3.8, 4) is 11.5 Å². The third kappa shape index (κ3) is 3.48. The number of amides is 2. The van der Waals surface area contributed by atoms with Gasteiger partial charge >= 0.3 is 0 Å². The highest BCUT2D eigenvalue weighted by Gasteiger charge is 2.40. The minimum absolute atomic E-state index is 0.00290. The van der Waals surface area contributed by atoms with E-state index < -0.39 is 11.8 Å². The topological polar surface area (TPSA) is 67.9 Å². The number of imide groups is 1. The summed E-state index contributed by atoms with van der Waals surface area (Å²) in [5.41, 5.74) is 1.86. The third-order valence-electron chi connectivity index (χ3n) is 4.05. The minimum Gasteiger partial charge on any atom is -0.495 e.